The number of piperazine rings is 1. The van der Waals surface area contributed by atoms with Gasteiger partial charge in [0.2, 0.25) is 0 Å². The summed E-state index contributed by atoms with van der Waals surface area (Å²) in [4.78, 5) is 24.6. The number of ether oxygens (including phenoxy) is 2. The van der Waals surface area contributed by atoms with Crippen molar-refractivity contribution in [2.45, 2.75) is 56.3 Å². The standard InChI is InChI=1S/C31H36ClN5O5S2.ClH/c1-19-13-25-28(17-33-19)43-30(35-25)31(38)37-12-11-36(44(39,40)29-16-21-15-22(32)8-9-24(21)34-29)18-23(37)6-4-5-20-7-10-26(41-2)27(14-20)42-3;/h7-10,14-16,19,23,33-34H,4-6,11-13,17-18H2,1-3H3;1H. The zero-order valence-electron chi connectivity index (χ0n) is 25.3. The van der Waals surface area contributed by atoms with Gasteiger partial charge in [-0.2, -0.15) is 4.31 Å². The molecule has 10 nitrogen and oxygen atoms in total. The fourth-order valence-electron chi connectivity index (χ4n) is 6.02. The van der Waals surface area contributed by atoms with E-state index in [4.69, 9.17) is 26.1 Å². The van der Waals surface area contributed by atoms with E-state index in [1.165, 1.54) is 15.6 Å². The van der Waals surface area contributed by atoms with Crippen LogP contribution in [0.2, 0.25) is 5.02 Å². The third kappa shape index (κ3) is 6.96. The molecule has 2 aromatic heterocycles. The molecule has 14 heteroatoms. The number of aromatic amines is 1. The van der Waals surface area contributed by atoms with E-state index in [0.29, 0.717) is 46.1 Å². The first kappa shape index (κ1) is 33.5. The van der Waals surface area contributed by atoms with E-state index in [2.05, 4.69) is 17.2 Å². The quantitative estimate of drug-likeness (QED) is 0.245. The van der Waals surface area contributed by atoms with Crippen LogP contribution in [-0.4, -0.2) is 79.4 Å². The predicted molar refractivity (Wildman–Crippen MR) is 179 cm³/mol. The maximum absolute atomic E-state index is 13.9. The van der Waals surface area contributed by atoms with Crippen molar-refractivity contribution in [1.82, 2.24) is 24.5 Å². The molecular formula is C31H37Cl2N5O5S2. The lowest BCUT2D eigenvalue weighted by Crippen LogP contribution is -2.56. The monoisotopic (exact) mass is 693 g/mol. The Morgan fingerprint density at radius 2 is 1.91 bits per heavy atom. The number of aromatic nitrogens is 2. The number of aryl methyl sites for hydroxylation is 1. The fraction of sp³-hybridized carbons (Fsp3) is 0.419. The summed E-state index contributed by atoms with van der Waals surface area (Å²) in [5.41, 5.74) is 2.76. The summed E-state index contributed by atoms with van der Waals surface area (Å²) >= 11 is 7.58. The molecule has 242 valence electrons. The largest absolute Gasteiger partial charge is 0.493 e. The molecule has 2 unspecified atom stereocenters. The smallest absolute Gasteiger partial charge is 0.283 e. The number of hydrogen-bond acceptors (Lipinski definition) is 8. The normalized spacial score (nSPS) is 18.8. The lowest BCUT2D eigenvalue weighted by molar-refractivity contribution is 0.0547. The van der Waals surface area contributed by atoms with E-state index in [1.54, 1.807) is 38.5 Å². The highest BCUT2D eigenvalue weighted by Gasteiger charge is 2.38. The van der Waals surface area contributed by atoms with E-state index in [1.807, 2.05) is 23.1 Å². The van der Waals surface area contributed by atoms with Gasteiger partial charge in [-0.05, 0) is 68.1 Å². The number of halogens is 2. The highest BCUT2D eigenvalue weighted by molar-refractivity contribution is 7.89. The Bertz CT molecular complexity index is 1790. The van der Waals surface area contributed by atoms with Crippen LogP contribution >= 0.6 is 35.3 Å². The summed E-state index contributed by atoms with van der Waals surface area (Å²) < 4.78 is 40.0. The van der Waals surface area contributed by atoms with Gasteiger partial charge in [-0.1, -0.05) is 17.7 Å². The number of sulfonamides is 1. The van der Waals surface area contributed by atoms with Gasteiger partial charge in [-0.15, -0.1) is 23.7 Å². The van der Waals surface area contributed by atoms with Gasteiger partial charge >= 0.3 is 0 Å². The van der Waals surface area contributed by atoms with Crippen LogP contribution in [0.25, 0.3) is 10.9 Å². The average Bonchev–Trinajstić information content (AvgIpc) is 3.65. The zero-order valence-corrected chi connectivity index (χ0v) is 28.5. The number of nitrogens with one attached hydrogen (secondary N) is 2. The van der Waals surface area contributed by atoms with Crippen molar-refractivity contribution in [1.29, 1.82) is 0 Å². The van der Waals surface area contributed by atoms with E-state index in [-0.39, 0.29) is 49.0 Å². The molecule has 2 aromatic carbocycles. The van der Waals surface area contributed by atoms with Crippen LogP contribution in [-0.2, 0) is 29.4 Å². The average molecular weight is 695 g/mol. The molecule has 2 aliphatic heterocycles. The Morgan fingerprint density at radius 1 is 1.11 bits per heavy atom. The maximum atomic E-state index is 13.9. The molecule has 0 spiro atoms. The van der Waals surface area contributed by atoms with Crippen LogP contribution in [0.3, 0.4) is 0 Å². The molecular weight excluding hydrogens is 657 g/mol. The second kappa shape index (κ2) is 13.9. The van der Waals surface area contributed by atoms with Gasteiger partial charge in [-0.25, -0.2) is 13.4 Å². The van der Waals surface area contributed by atoms with Gasteiger partial charge in [0, 0.05) is 65.5 Å². The van der Waals surface area contributed by atoms with Crippen LogP contribution in [0.1, 0.15) is 45.7 Å². The van der Waals surface area contributed by atoms with Crippen LogP contribution in [0.15, 0.2) is 47.5 Å². The molecule has 0 bridgehead atoms. The number of fused-ring (bicyclic) bond motifs is 2. The second-order valence-corrected chi connectivity index (χ2v) is 14.8. The summed E-state index contributed by atoms with van der Waals surface area (Å²) in [5, 5.41) is 5.29. The number of hydrogen-bond donors (Lipinski definition) is 2. The van der Waals surface area contributed by atoms with Gasteiger partial charge in [0.05, 0.1) is 19.9 Å². The first-order valence-electron chi connectivity index (χ1n) is 14.7. The summed E-state index contributed by atoms with van der Waals surface area (Å²) in [6.07, 6.45) is 2.90. The molecule has 2 N–H and O–H groups in total. The van der Waals surface area contributed by atoms with Crippen molar-refractivity contribution in [2.75, 3.05) is 33.9 Å². The summed E-state index contributed by atoms with van der Waals surface area (Å²) in [7, 11) is -0.628. The van der Waals surface area contributed by atoms with Crippen molar-refractivity contribution in [3.8, 4) is 11.5 Å². The van der Waals surface area contributed by atoms with Crippen molar-refractivity contribution in [3.05, 3.63) is 68.6 Å². The van der Waals surface area contributed by atoms with Crippen LogP contribution in [0.5, 0.6) is 11.5 Å². The molecule has 6 rings (SSSR count). The highest BCUT2D eigenvalue weighted by Crippen LogP contribution is 2.31. The minimum absolute atomic E-state index is 0. The van der Waals surface area contributed by atoms with Crippen molar-refractivity contribution in [2.24, 2.45) is 0 Å². The molecule has 2 aliphatic rings. The summed E-state index contributed by atoms with van der Waals surface area (Å²) in [6, 6.07) is 12.7. The number of benzene rings is 2. The molecule has 0 saturated carbocycles. The predicted octanol–water partition coefficient (Wildman–Crippen LogP) is 5.29. The van der Waals surface area contributed by atoms with Crippen LogP contribution < -0.4 is 14.8 Å². The zero-order chi connectivity index (χ0) is 31.0. The van der Waals surface area contributed by atoms with Crippen molar-refractivity contribution >= 4 is 62.2 Å². The minimum atomic E-state index is -3.84. The molecule has 2 atom stereocenters. The van der Waals surface area contributed by atoms with E-state index >= 15 is 0 Å². The van der Waals surface area contributed by atoms with Gasteiger partial charge in [-0.3, -0.25) is 4.79 Å². The van der Waals surface area contributed by atoms with Gasteiger partial charge in [0.1, 0.15) is 5.03 Å². The third-order valence-corrected chi connectivity index (χ3v) is 11.5. The molecule has 1 amide bonds. The lowest BCUT2D eigenvalue weighted by atomic mass is 10.0. The third-order valence-electron chi connectivity index (χ3n) is 8.40. The van der Waals surface area contributed by atoms with Crippen molar-refractivity contribution < 1.29 is 22.7 Å². The first-order chi connectivity index (χ1) is 21.2. The van der Waals surface area contributed by atoms with Gasteiger partial charge < -0.3 is 24.7 Å². The Labute approximate surface area is 278 Å². The van der Waals surface area contributed by atoms with Crippen LogP contribution in [0.4, 0.5) is 0 Å². The summed E-state index contributed by atoms with van der Waals surface area (Å²) in [5.74, 6) is 1.19. The first-order valence-corrected chi connectivity index (χ1v) is 17.3. The minimum Gasteiger partial charge on any atom is -0.493 e. The fourth-order valence-corrected chi connectivity index (χ4v) is 8.68. The molecule has 45 heavy (non-hydrogen) atoms. The number of amides is 1. The van der Waals surface area contributed by atoms with Gasteiger partial charge in [0.15, 0.2) is 16.5 Å². The Morgan fingerprint density at radius 3 is 2.69 bits per heavy atom. The Balaban J connectivity index is 0.00000400. The molecule has 0 aliphatic carbocycles. The highest BCUT2D eigenvalue weighted by atomic mass is 35.5. The molecule has 4 heterocycles. The van der Waals surface area contributed by atoms with Gasteiger partial charge in [0.25, 0.3) is 15.9 Å². The number of carbonyl (C=O) groups is 1. The van der Waals surface area contributed by atoms with Crippen molar-refractivity contribution in [3.63, 3.8) is 0 Å². The number of H-pyrrole nitrogens is 1. The van der Waals surface area contributed by atoms with E-state index in [9.17, 15) is 13.2 Å². The van der Waals surface area contributed by atoms with Crippen LogP contribution in [0, 0.1) is 0 Å². The molecule has 1 saturated heterocycles. The number of carbonyl (C=O) groups excluding carboxylic acids is 1. The Hall–Kier alpha value is -2.87. The lowest BCUT2D eigenvalue weighted by Gasteiger charge is -2.40. The van der Waals surface area contributed by atoms with E-state index in [0.717, 1.165) is 40.8 Å². The molecule has 4 aromatic rings. The topological polar surface area (TPSA) is 117 Å². The number of methoxy groups -OCH3 is 2. The maximum Gasteiger partial charge on any atom is 0.283 e. The van der Waals surface area contributed by atoms with E-state index < -0.39 is 10.0 Å². The Kier molecular flexibility index (Phi) is 10.3. The SMILES string of the molecule is COc1ccc(CCCC2CN(S(=O)(=O)c3cc4cc(Cl)ccc4[nH]3)CCN2C(=O)c2nc3c(s2)CNC(C)C3)cc1OC.Cl. The number of nitrogens with zero attached hydrogens (tertiary/aromatic N) is 3. The molecule has 0 radical (unpaired) electrons. The number of thiazole rings is 1. The second-order valence-electron chi connectivity index (χ2n) is 11.3. The summed E-state index contributed by atoms with van der Waals surface area (Å²) in [6.45, 7) is 3.49. The number of rotatable bonds is 9. The molecule has 1 fully saturated rings.